The van der Waals surface area contributed by atoms with E-state index in [0.29, 0.717) is 10.2 Å². The summed E-state index contributed by atoms with van der Waals surface area (Å²) in [6.07, 6.45) is -2.23. The van der Waals surface area contributed by atoms with E-state index in [9.17, 15) is 17.6 Å². The van der Waals surface area contributed by atoms with Gasteiger partial charge in [-0.05, 0) is 29.8 Å². The first-order valence-corrected chi connectivity index (χ1v) is 6.92. The lowest BCUT2D eigenvalue weighted by atomic mass is 10.2. The third-order valence-electron chi connectivity index (χ3n) is 2.71. The van der Waals surface area contributed by atoms with E-state index < -0.39 is 25.0 Å². The van der Waals surface area contributed by atoms with Crippen LogP contribution in [0, 0.1) is 0 Å². The molecule has 0 fully saturated rings. The molecule has 1 atom stereocenters. The van der Waals surface area contributed by atoms with Crippen molar-refractivity contribution in [3.05, 3.63) is 16.4 Å². The average Bonchev–Trinajstić information content (AvgIpc) is 2.76. The van der Waals surface area contributed by atoms with Gasteiger partial charge in [0.2, 0.25) is 0 Å². The van der Waals surface area contributed by atoms with Crippen LogP contribution in [-0.4, -0.2) is 35.3 Å². The molecule has 1 heterocycles. The van der Waals surface area contributed by atoms with Crippen LogP contribution in [0.3, 0.4) is 0 Å². The highest BCUT2D eigenvalue weighted by molar-refractivity contribution is 9.10. The summed E-state index contributed by atoms with van der Waals surface area (Å²) in [5.41, 5.74) is 3.00. The van der Waals surface area contributed by atoms with E-state index >= 15 is 0 Å². The number of halogens is 5. The molecule has 1 aromatic heterocycles. The fraction of sp³-hybridized carbons (Fsp3) is 0.727. The Labute approximate surface area is 127 Å². The van der Waals surface area contributed by atoms with Crippen LogP contribution in [0.25, 0.3) is 0 Å². The van der Waals surface area contributed by atoms with Crippen LogP contribution in [0.1, 0.15) is 31.6 Å². The Morgan fingerprint density at radius 3 is 2.57 bits per heavy atom. The van der Waals surface area contributed by atoms with Gasteiger partial charge in [-0.2, -0.15) is 13.9 Å². The molecule has 0 aliphatic heterocycles. The predicted octanol–water partition coefficient (Wildman–Crippen LogP) is 2.65. The van der Waals surface area contributed by atoms with E-state index in [-0.39, 0.29) is 12.6 Å². The summed E-state index contributed by atoms with van der Waals surface area (Å²) in [4.78, 5) is 0. The van der Waals surface area contributed by atoms with Gasteiger partial charge in [0.1, 0.15) is 6.61 Å². The normalized spacial score (nSPS) is 14.2. The van der Waals surface area contributed by atoms with E-state index in [0.717, 1.165) is 0 Å². The Kier molecular flexibility index (Phi) is 6.57. The number of ether oxygens (including phenoxy) is 1. The van der Waals surface area contributed by atoms with Gasteiger partial charge in [0.25, 0.3) is 0 Å². The van der Waals surface area contributed by atoms with E-state index in [4.69, 9.17) is 10.6 Å². The minimum Gasteiger partial charge on any atom is -0.373 e. The topological polar surface area (TPSA) is 65.1 Å². The molecule has 0 spiro atoms. The van der Waals surface area contributed by atoms with Crippen molar-refractivity contribution in [2.45, 2.75) is 38.3 Å². The second-order valence-corrected chi connectivity index (χ2v) is 5.57. The van der Waals surface area contributed by atoms with Gasteiger partial charge in [0.05, 0.1) is 29.0 Å². The molecular formula is C11H17BrF4N4O. The summed E-state index contributed by atoms with van der Waals surface area (Å²) < 4.78 is 56.6. The first kappa shape index (κ1) is 18.3. The van der Waals surface area contributed by atoms with Gasteiger partial charge < -0.3 is 4.74 Å². The second-order valence-electron chi connectivity index (χ2n) is 4.71. The highest BCUT2D eigenvalue weighted by Crippen LogP contribution is 2.27. The van der Waals surface area contributed by atoms with Crippen molar-refractivity contribution in [2.24, 2.45) is 5.84 Å². The molecule has 1 rings (SSSR count). The maximum absolute atomic E-state index is 12.8. The van der Waals surface area contributed by atoms with Gasteiger partial charge in [0, 0.05) is 6.04 Å². The minimum atomic E-state index is -4.19. The van der Waals surface area contributed by atoms with E-state index in [1.165, 1.54) is 6.20 Å². The predicted molar refractivity (Wildman–Crippen MR) is 72.1 cm³/mol. The zero-order chi connectivity index (χ0) is 16.2. The quantitative estimate of drug-likeness (QED) is 0.415. The molecule has 0 saturated heterocycles. The molecule has 1 unspecified atom stereocenters. The van der Waals surface area contributed by atoms with Crippen molar-refractivity contribution in [1.29, 1.82) is 0 Å². The molecule has 0 saturated carbocycles. The Hall–Kier alpha value is -0.710. The molecule has 122 valence electrons. The third kappa shape index (κ3) is 4.63. The first-order chi connectivity index (χ1) is 9.70. The highest BCUT2D eigenvalue weighted by Gasteiger charge is 2.41. The number of hydrogen-bond acceptors (Lipinski definition) is 4. The Morgan fingerprint density at radius 2 is 2.10 bits per heavy atom. The molecule has 0 amide bonds. The molecule has 0 aromatic carbocycles. The van der Waals surface area contributed by atoms with Crippen LogP contribution in [-0.2, 0) is 4.74 Å². The lowest BCUT2D eigenvalue weighted by molar-refractivity contribution is -0.167. The zero-order valence-electron chi connectivity index (χ0n) is 11.5. The lowest BCUT2D eigenvalue weighted by Gasteiger charge is -2.22. The summed E-state index contributed by atoms with van der Waals surface area (Å²) in [6.45, 7) is 2.08. The Morgan fingerprint density at radius 1 is 1.48 bits per heavy atom. The SMILES string of the molecule is CC(C)n1ncc(Br)c1C(COCC(F)(F)C(F)F)NN. The van der Waals surface area contributed by atoms with Gasteiger partial charge in [-0.25, -0.2) is 14.2 Å². The first-order valence-electron chi connectivity index (χ1n) is 6.13. The maximum atomic E-state index is 12.8. The monoisotopic (exact) mass is 376 g/mol. The number of hydrazine groups is 1. The van der Waals surface area contributed by atoms with E-state index in [1.807, 2.05) is 13.8 Å². The van der Waals surface area contributed by atoms with Crippen LogP contribution >= 0.6 is 15.9 Å². The summed E-state index contributed by atoms with van der Waals surface area (Å²) in [5, 5.41) is 4.12. The number of nitrogens with two attached hydrogens (primary N) is 1. The van der Waals surface area contributed by atoms with Gasteiger partial charge in [-0.3, -0.25) is 10.5 Å². The van der Waals surface area contributed by atoms with Crippen molar-refractivity contribution >= 4 is 15.9 Å². The number of hydrogen-bond donors (Lipinski definition) is 2. The number of nitrogens with one attached hydrogen (secondary N) is 1. The number of aromatic nitrogens is 2. The van der Waals surface area contributed by atoms with Crippen molar-refractivity contribution in [1.82, 2.24) is 15.2 Å². The van der Waals surface area contributed by atoms with Crippen LogP contribution in [0.4, 0.5) is 17.6 Å². The van der Waals surface area contributed by atoms with Crippen molar-refractivity contribution in [3.8, 4) is 0 Å². The zero-order valence-corrected chi connectivity index (χ0v) is 13.1. The highest BCUT2D eigenvalue weighted by atomic mass is 79.9. The fourth-order valence-electron chi connectivity index (χ4n) is 1.67. The lowest BCUT2D eigenvalue weighted by Crippen LogP contribution is -2.37. The van der Waals surface area contributed by atoms with Crippen LogP contribution < -0.4 is 11.3 Å². The summed E-state index contributed by atoms with van der Waals surface area (Å²) >= 11 is 3.28. The van der Waals surface area contributed by atoms with Crippen LogP contribution in [0.5, 0.6) is 0 Å². The molecule has 0 radical (unpaired) electrons. The standard InChI is InChI=1S/C11H17BrF4N4O/c1-6(2)20-9(7(12)3-18-20)8(19-17)4-21-5-11(15,16)10(13)14/h3,6,8,10,19H,4-5,17H2,1-2H3. The Bertz CT molecular complexity index is 455. The van der Waals surface area contributed by atoms with Gasteiger partial charge in [-0.15, -0.1) is 0 Å². The molecule has 5 nitrogen and oxygen atoms in total. The molecule has 0 bridgehead atoms. The van der Waals surface area contributed by atoms with E-state index in [2.05, 4.69) is 26.5 Å². The second kappa shape index (κ2) is 7.52. The smallest absolute Gasteiger partial charge is 0.330 e. The minimum absolute atomic E-state index is 0.00431. The van der Waals surface area contributed by atoms with Crippen LogP contribution in [0.2, 0.25) is 0 Å². The molecule has 1 aromatic rings. The van der Waals surface area contributed by atoms with Gasteiger partial charge >= 0.3 is 12.3 Å². The van der Waals surface area contributed by atoms with Gasteiger partial charge in [0.15, 0.2) is 0 Å². The third-order valence-corrected chi connectivity index (χ3v) is 3.32. The van der Waals surface area contributed by atoms with Gasteiger partial charge in [-0.1, -0.05) is 0 Å². The molecule has 10 heteroatoms. The molecule has 0 aliphatic carbocycles. The Balaban J connectivity index is 2.75. The number of nitrogens with zero attached hydrogens (tertiary/aromatic N) is 2. The number of rotatable bonds is 8. The molecule has 3 N–H and O–H groups in total. The summed E-state index contributed by atoms with van der Waals surface area (Å²) in [5.74, 6) is 1.20. The van der Waals surface area contributed by atoms with Crippen molar-refractivity contribution in [2.75, 3.05) is 13.2 Å². The van der Waals surface area contributed by atoms with E-state index in [1.54, 1.807) is 4.68 Å². The molecular weight excluding hydrogens is 360 g/mol. The largest absolute Gasteiger partial charge is 0.373 e. The average molecular weight is 377 g/mol. The van der Waals surface area contributed by atoms with Crippen LogP contribution in [0.15, 0.2) is 10.7 Å². The summed E-state index contributed by atoms with van der Waals surface area (Å²) in [6, 6.07) is -0.664. The van der Waals surface area contributed by atoms with Crippen molar-refractivity contribution in [3.63, 3.8) is 0 Å². The maximum Gasteiger partial charge on any atom is 0.330 e. The molecule has 21 heavy (non-hydrogen) atoms. The fourth-order valence-corrected chi connectivity index (χ4v) is 2.22. The molecule has 0 aliphatic rings. The summed E-state index contributed by atoms with van der Waals surface area (Å²) in [7, 11) is 0. The number of alkyl halides is 4. The van der Waals surface area contributed by atoms with Crippen molar-refractivity contribution < 1.29 is 22.3 Å².